The fourth-order valence-corrected chi connectivity index (χ4v) is 3.52. The molecular weight excluding hydrogens is 258 g/mol. The van der Waals surface area contributed by atoms with E-state index in [4.69, 9.17) is 5.14 Å². The van der Waals surface area contributed by atoms with Gasteiger partial charge in [0.05, 0.1) is 4.88 Å². The number of hydrogen-bond acceptors (Lipinski definition) is 4. The third-order valence-electron chi connectivity index (χ3n) is 2.45. The molecule has 1 aromatic heterocycles. The molecule has 4 nitrogen and oxygen atoms in total. The summed E-state index contributed by atoms with van der Waals surface area (Å²) in [6.07, 6.45) is 4.39. The molecule has 0 aliphatic carbocycles. The Morgan fingerprint density at radius 1 is 1.35 bits per heavy atom. The van der Waals surface area contributed by atoms with E-state index in [0.29, 0.717) is 6.42 Å². The standard InChI is InChI=1S/C11H17NO3S2/c1-2-3-4-5-6-9(13)11-10(7-8-16-11)17(12,14)15/h7-8H,2-6H2,1H3,(H2,12,14,15). The maximum Gasteiger partial charge on any atom is 0.239 e. The summed E-state index contributed by atoms with van der Waals surface area (Å²) in [5, 5.41) is 6.63. The largest absolute Gasteiger partial charge is 0.293 e. The predicted molar refractivity (Wildman–Crippen MR) is 68.8 cm³/mol. The highest BCUT2D eigenvalue weighted by Crippen LogP contribution is 2.23. The molecule has 0 saturated carbocycles. The topological polar surface area (TPSA) is 77.2 Å². The van der Waals surface area contributed by atoms with Crippen LogP contribution >= 0.6 is 11.3 Å². The molecule has 0 unspecified atom stereocenters. The van der Waals surface area contributed by atoms with Crippen molar-refractivity contribution in [3.8, 4) is 0 Å². The highest BCUT2D eigenvalue weighted by atomic mass is 32.2. The monoisotopic (exact) mass is 275 g/mol. The minimum Gasteiger partial charge on any atom is -0.293 e. The summed E-state index contributed by atoms with van der Waals surface area (Å²) < 4.78 is 22.5. The second-order valence-corrected chi connectivity index (χ2v) is 6.34. The molecule has 0 radical (unpaired) electrons. The van der Waals surface area contributed by atoms with Crippen LogP contribution in [0.2, 0.25) is 0 Å². The predicted octanol–water partition coefficient (Wildman–Crippen LogP) is 2.55. The second-order valence-electron chi connectivity index (χ2n) is 3.89. The number of nitrogens with two attached hydrogens (primary N) is 1. The van der Waals surface area contributed by atoms with E-state index >= 15 is 0 Å². The van der Waals surface area contributed by atoms with Crippen molar-refractivity contribution in [1.82, 2.24) is 0 Å². The van der Waals surface area contributed by atoms with Crippen molar-refractivity contribution >= 4 is 27.1 Å². The first-order chi connectivity index (χ1) is 7.96. The average Bonchev–Trinajstić information content (AvgIpc) is 2.72. The molecule has 0 amide bonds. The molecule has 1 aromatic rings. The zero-order valence-electron chi connectivity index (χ0n) is 9.81. The summed E-state index contributed by atoms with van der Waals surface area (Å²) in [5.74, 6) is -0.125. The highest BCUT2D eigenvalue weighted by Gasteiger charge is 2.20. The smallest absolute Gasteiger partial charge is 0.239 e. The lowest BCUT2D eigenvalue weighted by atomic mass is 10.1. The van der Waals surface area contributed by atoms with Crippen molar-refractivity contribution in [3.05, 3.63) is 16.3 Å². The second kappa shape index (κ2) is 6.28. The van der Waals surface area contributed by atoms with E-state index in [1.165, 1.54) is 6.07 Å². The molecule has 1 heterocycles. The lowest BCUT2D eigenvalue weighted by Crippen LogP contribution is -2.14. The van der Waals surface area contributed by atoms with Crippen LogP contribution in [0, 0.1) is 0 Å². The van der Waals surface area contributed by atoms with Gasteiger partial charge in [0.15, 0.2) is 5.78 Å². The van der Waals surface area contributed by atoms with Gasteiger partial charge < -0.3 is 0 Å². The van der Waals surface area contributed by atoms with Gasteiger partial charge >= 0.3 is 0 Å². The van der Waals surface area contributed by atoms with Gasteiger partial charge in [-0.15, -0.1) is 11.3 Å². The van der Waals surface area contributed by atoms with E-state index in [0.717, 1.165) is 37.0 Å². The van der Waals surface area contributed by atoms with Gasteiger partial charge in [0.2, 0.25) is 10.0 Å². The number of carbonyl (C=O) groups is 1. The summed E-state index contributed by atoms with van der Waals surface area (Å²) in [4.78, 5) is 12.1. The van der Waals surface area contributed by atoms with Crippen molar-refractivity contribution in [1.29, 1.82) is 0 Å². The van der Waals surface area contributed by atoms with Crippen molar-refractivity contribution < 1.29 is 13.2 Å². The average molecular weight is 275 g/mol. The van der Waals surface area contributed by atoms with Gasteiger partial charge in [-0.3, -0.25) is 4.79 Å². The first kappa shape index (κ1) is 14.3. The number of ketones is 1. The Kier molecular flexibility index (Phi) is 5.30. The third kappa shape index (κ3) is 4.22. The number of carbonyl (C=O) groups excluding carboxylic acids is 1. The van der Waals surface area contributed by atoms with Crippen LogP contribution in [-0.4, -0.2) is 14.2 Å². The first-order valence-electron chi connectivity index (χ1n) is 5.60. The maximum absolute atomic E-state index is 11.8. The Balaban J connectivity index is 2.67. The van der Waals surface area contributed by atoms with Crippen molar-refractivity contribution in [2.75, 3.05) is 0 Å². The number of unbranched alkanes of at least 4 members (excludes halogenated alkanes) is 3. The van der Waals surface area contributed by atoms with E-state index in [1.807, 2.05) is 0 Å². The first-order valence-corrected chi connectivity index (χ1v) is 8.03. The van der Waals surface area contributed by atoms with E-state index < -0.39 is 10.0 Å². The Labute approximate surface area is 106 Å². The number of thiophene rings is 1. The summed E-state index contributed by atoms with van der Waals surface area (Å²) in [6, 6.07) is 1.39. The highest BCUT2D eigenvalue weighted by molar-refractivity contribution is 7.89. The number of Topliss-reactive ketones (excluding diaryl/α,β-unsaturated/α-hetero) is 1. The van der Waals surface area contributed by atoms with Crippen molar-refractivity contribution in [2.45, 2.75) is 43.9 Å². The SMILES string of the molecule is CCCCCCC(=O)c1sccc1S(N)(=O)=O. The van der Waals surface area contributed by atoms with Gasteiger partial charge in [-0.25, -0.2) is 13.6 Å². The molecule has 0 aliphatic heterocycles. The van der Waals surface area contributed by atoms with Gasteiger partial charge in [-0.05, 0) is 17.9 Å². The van der Waals surface area contributed by atoms with Crippen molar-refractivity contribution in [3.63, 3.8) is 0 Å². The molecule has 0 atom stereocenters. The summed E-state index contributed by atoms with van der Waals surface area (Å²) in [5.41, 5.74) is 0. The van der Waals surface area contributed by atoms with Crippen LogP contribution < -0.4 is 5.14 Å². The van der Waals surface area contributed by atoms with E-state index in [2.05, 4.69) is 6.92 Å². The molecule has 0 aliphatic rings. The number of hydrogen-bond donors (Lipinski definition) is 1. The van der Waals surface area contributed by atoms with Gasteiger partial charge in [-0.2, -0.15) is 0 Å². The Hall–Kier alpha value is -0.720. The lowest BCUT2D eigenvalue weighted by Gasteiger charge is -2.01. The van der Waals surface area contributed by atoms with Gasteiger partial charge in [-0.1, -0.05) is 26.2 Å². The van der Waals surface area contributed by atoms with Gasteiger partial charge in [0.1, 0.15) is 4.90 Å². The summed E-state index contributed by atoms with van der Waals surface area (Å²) in [7, 11) is -3.78. The zero-order chi connectivity index (χ0) is 12.9. The summed E-state index contributed by atoms with van der Waals surface area (Å²) in [6.45, 7) is 2.10. The number of primary sulfonamides is 1. The molecule has 96 valence electrons. The molecule has 0 bridgehead atoms. The van der Waals surface area contributed by atoms with Crippen LogP contribution in [0.15, 0.2) is 16.3 Å². The van der Waals surface area contributed by atoms with Crippen LogP contribution in [0.3, 0.4) is 0 Å². The van der Waals surface area contributed by atoms with Crippen LogP contribution in [-0.2, 0) is 10.0 Å². The fraction of sp³-hybridized carbons (Fsp3) is 0.545. The Morgan fingerprint density at radius 3 is 2.65 bits per heavy atom. The van der Waals surface area contributed by atoms with Crippen LogP contribution in [0.4, 0.5) is 0 Å². The molecule has 2 N–H and O–H groups in total. The number of sulfonamides is 1. The minimum absolute atomic E-state index is 0.0389. The van der Waals surface area contributed by atoms with E-state index in [-0.39, 0.29) is 15.6 Å². The lowest BCUT2D eigenvalue weighted by molar-refractivity contribution is 0.0980. The number of rotatable bonds is 7. The molecule has 0 spiro atoms. The molecular formula is C11H17NO3S2. The van der Waals surface area contributed by atoms with Crippen molar-refractivity contribution in [2.24, 2.45) is 5.14 Å². The fourth-order valence-electron chi connectivity index (χ4n) is 1.55. The molecule has 0 fully saturated rings. The van der Waals surface area contributed by atoms with Crippen LogP contribution in [0.25, 0.3) is 0 Å². The Bertz CT molecular complexity index is 477. The van der Waals surface area contributed by atoms with Gasteiger partial charge in [0.25, 0.3) is 0 Å². The van der Waals surface area contributed by atoms with E-state index in [9.17, 15) is 13.2 Å². The molecule has 17 heavy (non-hydrogen) atoms. The molecule has 6 heteroatoms. The molecule has 1 rings (SSSR count). The van der Waals surface area contributed by atoms with Crippen LogP contribution in [0.5, 0.6) is 0 Å². The maximum atomic E-state index is 11.8. The quantitative estimate of drug-likeness (QED) is 0.613. The normalized spacial score (nSPS) is 11.6. The zero-order valence-corrected chi connectivity index (χ0v) is 11.4. The molecule has 0 aromatic carbocycles. The van der Waals surface area contributed by atoms with Gasteiger partial charge in [0, 0.05) is 6.42 Å². The molecule has 0 saturated heterocycles. The Morgan fingerprint density at radius 2 is 2.06 bits per heavy atom. The summed E-state index contributed by atoms with van der Waals surface area (Å²) >= 11 is 1.14. The van der Waals surface area contributed by atoms with E-state index in [1.54, 1.807) is 5.38 Å². The van der Waals surface area contributed by atoms with Crippen LogP contribution in [0.1, 0.15) is 48.7 Å². The minimum atomic E-state index is -3.78. The third-order valence-corrected chi connectivity index (χ3v) is 4.48.